The Morgan fingerprint density at radius 3 is 2.84 bits per heavy atom. The maximum atomic E-state index is 10.8. The van der Waals surface area contributed by atoms with Crippen molar-refractivity contribution in [3.63, 3.8) is 0 Å². The van der Waals surface area contributed by atoms with Crippen LogP contribution in [0.3, 0.4) is 0 Å². The molecule has 19 heavy (non-hydrogen) atoms. The van der Waals surface area contributed by atoms with Crippen LogP contribution < -0.4 is 0 Å². The molecule has 0 aromatic carbocycles. The van der Waals surface area contributed by atoms with Gasteiger partial charge in [-0.2, -0.15) is 0 Å². The summed E-state index contributed by atoms with van der Waals surface area (Å²) in [6.45, 7) is 2.05. The van der Waals surface area contributed by atoms with E-state index >= 15 is 0 Å². The Balaban J connectivity index is 2.21. The van der Waals surface area contributed by atoms with Crippen LogP contribution in [0.4, 0.5) is 0 Å². The first kappa shape index (κ1) is 14.3. The number of halogens is 1. The summed E-state index contributed by atoms with van der Waals surface area (Å²) in [7, 11) is -4.02. The lowest BCUT2D eigenvalue weighted by atomic mass is 10.1. The molecule has 0 amide bonds. The minimum absolute atomic E-state index is 0.123. The Labute approximate surface area is 118 Å². The molecule has 0 fully saturated rings. The van der Waals surface area contributed by atoms with Gasteiger partial charge in [0.2, 0.25) is 0 Å². The lowest BCUT2D eigenvalue weighted by Crippen LogP contribution is -2.03. The number of aromatic nitrogens is 4. The quantitative estimate of drug-likeness (QED) is 0.815. The Morgan fingerprint density at radius 2 is 2.16 bits per heavy atom. The van der Waals surface area contributed by atoms with Crippen LogP contribution >= 0.6 is 23.5 Å². The van der Waals surface area contributed by atoms with Crippen molar-refractivity contribution in [2.45, 2.75) is 13.5 Å². The Bertz CT molecular complexity index is 639. The molecule has 2 aromatic rings. The van der Waals surface area contributed by atoms with E-state index < -0.39 is 7.60 Å². The molecule has 2 N–H and O–H groups in total. The number of pyridine rings is 1. The van der Waals surface area contributed by atoms with E-state index in [1.165, 1.54) is 4.68 Å². The second-order valence-corrected chi connectivity index (χ2v) is 6.68. The van der Waals surface area contributed by atoms with E-state index in [1.54, 1.807) is 18.6 Å². The molecule has 0 saturated carbocycles. The van der Waals surface area contributed by atoms with Gasteiger partial charge in [0.15, 0.2) is 0 Å². The third-order valence-electron chi connectivity index (χ3n) is 2.59. The summed E-state index contributed by atoms with van der Waals surface area (Å²) >= 11 is 3.39. The summed E-state index contributed by atoms with van der Waals surface area (Å²) in [5.74, 6) is 0. The first-order valence-electron chi connectivity index (χ1n) is 5.42. The molecular formula is C10H12BrN4O3P. The molecule has 7 nitrogen and oxygen atoms in total. The van der Waals surface area contributed by atoms with Crippen molar-refractivity contribution in [3.05, 3.63) is 28.6 Å². The highest BCUT2D eigenvalue weighted by atomic mass is 79.9. The van der Waals surface area contributed by atoms with Crippen molar-refractivity contribution in [1.29, 1.82) is 0 Å². The van der Waals surface area contributed by atoms with E-state index in [2.05, 4.69) is 31.2 Å². The zero-order valence-corrected chi connectivity index (χ0v) is 12.5. The largest absolute Gasteiger partial charge is 0.327 e. The van der Waals surface area contributed by atoms with Crippen LogP contribution in [0.15, 0.2) is 23.1 Å². The average Bonchev–Trinajstić information content (AvgIpc) is 2.78. The monoisotopic (exact) mass is 346 g/mol. The summed E-state index contributed by atoms with van der Waals surface area (Å²) in [5, 5.41) is 7.83. The molecule has 2 heterocycles. The van der Waals surface area contributed by atoms with E-state index in [0.717, 1.165) is 15.6 Å². The van der Waals surface area contributed by atoms with E-state index in [0.29, 0.717) is 5.69 Å². The number of aryl methyl sites for hydroxylation is 1. The van der Waals surface area contributed by atoms with E-state index in [4.69, 9.17) is 9.79 Å². The molecule has 0 aliphatic rings. The molecule has 2 aromatic heterocycles. The van der Waals surface area contributed by atoms with Crippen LogP contribution in [0.1, 0.15) is 5.56 Å². The summed E-state index contributed by atoms with van der Waals surface area (Å²) in [5.41, 5.74) is 2.44. The van der Waals surface area contributed by atoms with Crippen LogP contribution in [-0.2, 0) is 11.1 Å². The first-order chi connectivity index (χ1) is 8.87. The minimum atomic E-state index is -4.02. The first-order valence-corrected chi connectivity index (χ1v) is 8.01. The Kier molecular flexibility index (Phi) is 4.15. The van der Waals surface area contributed by atoms with Gasteiger partial charge in [-0.1, -0.05) is 5.21 Å². The second-order valence-electron chi connectivity index (χ2n) is 4.05. The zero-order chi connectivity index (χ0) is 14.0. The highest BCUT2D eigenvalue weighted by Gasteiger charge is 2.14. The standard InChI is InChI=1S/C10H12BrN4O3P/c1-7-8(4-12-5-9(7)11)10-6-15(14-13-10)2-3-19(16,17)18/h4-6H,2-3H2,1H3,(H2,16,17,18). The van der Waals surface area contributed by atoms with Gasteiger partial charge in [-0.15, -0.1) is 5.10 Å². The van der Waals surface area contributed by atoms with Crippen LogP contribution in [0.5, 0.6) is 0 Å². The molecule has 0 aliphatic carbocycles. The van der Waals surface area contributed by atoms with Crippen molar-refractivity contribution >= 4 is 23.5 Å². The van der Waals surface area contributed by atoms with Gasteiger partial charge >= 0.3 is 7.60 Å². The van der Waals surface area contributed by atoms with Gasteiger partial charge in [-0.05, 0) is 28.4 Å². The molecule has 9 heteroatoms. The van der Waals surface area contributed by atoms with Crippen molar-refractivity contribution in [2.75, 3.05) is 6.16 Å². The maximum absolute atomic E-state index is 10.8. The fourth-order valence-corrected chi connectivity index (χ4v) is 2.32. The predicted molar refractivity (Wildman–Crippen MR) is 72.6 cm³/mol. The van der Waals surface area contributed by atoms with Gasteiger partial charge in [-0.25, -0.2) is 0 Å². The van der Waals surface area contributed by atoms with Crippen molar-refractivity contribution in [3.8, 4) is 11.3 Å². The highest BCUT2D eigenvalue weighted by molar-refractivity contribution is 9.10. The SMILES string of the molecule is Cc1c(Br)cncc1-c1cn(CCP(=O)(O)O)nn1. The van der Waals surface area contributed by atoms with Crippen LogP contribution in [-0.4, -0.2) is 35.9 Å². The molecule has 0 atom stereocenters. The third-order valence-corrected chi connectivity index (χ3v) is 4.17. The van der Waals surface area contributed by atoms with Gasteiger partial charge in [-0.3, -0.25) is 14.2 Å². The van der Waals surface area contributed by atoms with Gasteiger partial charge < -0.3 is 9.79 Å². The van der Waals surface area contributed by atoms with Gasteiger partial charge in [0, 0.05) is 22.4 Å². The lowest BCUT2D eigenvalue weighted by molar-refractivity contribution is 0.368. The molecule has 0 saturated heterocycles. The summed E-state index contributed by atoms with van der Waals surface area (Å²) < 4.78 is 13.1. The number of rotatable bonds is 4. The Morgan fingerprint density at radius 1 is 1.42 bits per heavy atom. The molecule has 102 valence electrons. The van der Waals surface area contributed by atoms with Gasteiger partial charge in [0.1, 0.15) is 5.69 Å². The van der Waals surface area contributed by atoms with Crippen LogP contribution in [0, 0.1) is 6.92 Å². The fraction of sp³-hybridized carbons (Fsp3) is 0.300. The van der Waals surface area contributed by atoms with E-state index in [1.807, 2.05) is 6.92 Å². The predicted octanol–water partition coefficient (Wildman–Crippen LogP) is 1.59. The van der Waals surface area contributed by atoms with E-state index in [-0.39, 0.29) is 12.7 Å². The summed E-state index contributed by atoms with van der Waals surface area (Å²) in [4.78, 5) is 21.7. The average molecular weight is 347 g/mol. The molecule has 0 unspecified atom stereocenters. The highest BCUT2D eigenvalue weighted by Crippen LogP contribution is 2.34. The van der Waals surface area contributed by atoms with Crippen LogP contribution in [0.2, 0.25) is 0 Å². The maximum Gasteiger partial charge on any atom is 0.327 e. The number of hydrogen-bond donors (Lipinski definition) is 2. The second kappa shape index (κ2) is 5.50. The molecule has 0 bridgehead atoms. The molecule has 2 rings (SSSR count). The molecular weight excluding hydrogens is 335 g/mol. The summed E-state index contributed by atoms with van der Waals surface area (Å²) in [6.07, 6.45) is 4.76. The molecule has 0 radical (unpaired) electrons. The molecule has 0 aliphatic heterocycles. The topological polar surface area (TPSA) is 101 Å². The fourth-order valence-electron chi connectivity index (χ4n) is 1.52. The van der Waals surface area contributed by atoms with Gasteiger partial charge in [0.25, 0.3) is 0 Å². The zero-order valence-electron chi connectivity index (χ0n) is 10.1. The van der Waals surface area contributed by atoms with Gasteiger partial charge in [0.05, 0.1) is 18.9 Å². The smallest absolute Gasteiger partial charge is 0.324 e. The lowest BCUT2D eigenvalue weighted by Gasteiger charge is -2.03. The summed E-state index contributed by atoms with van der Waals surface area (Å²) in [6, 6.07) is 0. The van der Waals surface area contributed by atoms with Crippen molar-refractivity contribution in [2.24, 2.45) is 0 Å². The minimum Gasteiger partial charge on any atom is -0.324 e. The molecule has 0 spiro atoms. The number of hydrogen-bond acceptors (Lipinski definition) is 4. The van der Waals surface area contributed by atoms with Crippen molar-refractivity contribution in [1.82, 2.24) is 20.0 Å². The van der Waals surface area contributed by atoms with Crippen molar-refractivity contribution < 1.29 is 14.4 Å². The van der Waals surface area contributed by atoms with Crippen LogP contribution in [0.25, 0.3) is 11.3 Å². The third kappa shape index (κ3) is 3.70. The number of nitrogens with zero attached hydrogens (tertiary/aromatic N) is 4. The van der Waals surface area contributed by atoms with E-state index in [9.17, 15) is 4.57 Å². The normalized spacial score (nSPS) is 11.8. The Hall–Kier alpha value is -1.08.